The van der Waals surface area contributed by atoms with Crippen molar-refractivity contribution in [1.82, 2.24) is 5.32 Å². The highest BCUT2D eigenvalue weighted by Crippen LogP contribution is 2.39. The molecule has 1 aromatic carbocycles. The Morgan fingerprint density at radius 3 is 2.55 bits per heavy atom. The number of hydrogen-bond donors (Lipinski definition) is 1. The lowest BCUT2D eigenvalue weighted by Crippen LogP contribution is -2.28. The quantitative estimate of drug-likeness (QED) is 0.840. The minimum absolute atomic E-state index is 0.363. The Labute approximate surface area is 141 Å². The molecule has 4 heteroatoms. The topological polar surface area (TPSA) is 30.5 Å². The molecule has 3 rings (SSSR count). The van der Waals surface area contributed by atoms with Gasteiger partial charge in [0, 0.05) is 4.47 Å². The van der Waals surface area contributed by atoms with Gasteiger partial charge in [0.15, 0.2) is 11.5 Å². The van der Waals surface area contributed by atoms with Crippen LogP contribution in [-0.2, 0) is 6.42 Å². The van der Waals surface area contributed by atoms with Crippen molar-refractivity contribution in [1.29, 1.82) is 0 Å². The number of benzene rings is 1. The van der Waals surface area contributed by atoms with Crippen LogP contribution >= 0.6 is 15.9 Å². The van der Waals surface area contributed by atoms with Gasteiger partial charge in [-0.05, 0) is 81.6 Å². The normalized spacial score (nSPS) is 20.3. The van der Waals surface area contributed by atoms with E-state index in [1.807, 2.05) is 6.07 Å². The van der Waals surface area contributed by atoms with E-state index in [1.165, 1.54) is 44.1 Å². The molecule has 0 amide bonds. The molecule has 1 aliphatic heterocycles. The molecule has 0 radical (unpaired) electrons. The summed E-state index contributed by atoms with van der Waals surface area (Å²) in [7, 11) is 1.73. The summed E-state index contributed by atoms with van der Waals surface area (Å²) in [5.41, 5.74) is 1.30. The Hall–Kier alpha value is -0.740. The molecule has 0 spiro atoms. The van der Waals surface area contributed by atoms with Crippen molar-refractivity contribution < 1.29 is 9.47 Å². The average Bonchev–Trinajstić information content (AvgIpc) is 3.03. The maximum atomic E-state index is 6.36. The van der Waals surface area contributed by atoms with Crippen LogP contribution in [0, 0.1) is 5.92 Å². The molecular weight excluding hydrogens is 342 g/mol. The van der Waals surface area contributed by atoms with Crippen molar-refractivity contribution in [3.8, 4) is 11.5 Å². The third-order valence-electron chi connectivity index (χ3n) is 4.87. The smallest absolute Gasteiger partial charge is 0.164 e. The molecule has 0 aromatic heterocycles. The van der Waals surface area contributed by atoms with Gasteiger partial charge in [-0.15, -0.1) is 0 Å². The molecule has 3 nitrogen and oxygen atoms in total. The summed E-state index contributed by atoms with van der Waals surface area (Å²) in [6, 6.07) is 4.24. The first kappa shape index (κ1) is 16.1. The predicted octanol–water partition coefficient (Wildman–Crippen LogP) is 4.32. The third-order valence-corrected chi connectivity index (χ3v) is 5.33. The second-order valence-electron chi connectivity index (χ2n) is 6.52. The molecule has 0 unspecified atom stereocenters. The molecule has 2 aliphatic rings. The molecule has 0 atom stereocenters. The van der Waals surface area contributed by atoms with E-state index >= 15 is 0 Å². The van der Waals surface area contributed by atoms with Gasteiger partial charge in [-0.2, -0.15) is 0 Å². The van der Waals surface area contributed by atoms with E-state index in [1.54, 1.807) is 7.11 Å². The number of halogens is 1. The van der Waals surface area contributed by atoms with Crippen molar-refractivity contribution in [2.24, 2.45) is 5.92 Å². The van der Waals surface area contributed by atoms with Gasteiger partial charge >= 0.3 is 0 Å². The summed E-state index contributed by atoms with van der Waals surface area (Å²) in [6.07, 6.45) is 8.86. The molecule has 1 saturated carbocycles. The van der Waals surface area contributed by atoms with Crippen LogP contribution in [0.1, 0.15) is 44.1 Å². The molecule has 1 N–H and O–H groups in total. The zero-order chi connectivity index (χ0) is 15.4. The van der Waals surface area contributed by atoms with Crippen LogP contribution < -0.4 is 14.8 Å². The van der Waals surface area contributed by atoms with Crippen molar-refractivity contribution in [2.45, 2.75) is 51.0 Å². The van der Waals surface area contributed by atoms with Gasteiger partial charge in [0.25, 0.3) is 0 Å². The summed E-state index contributed by atoms with van der Waals surface area (Å²) < 4.78 is 13.0. The summed E-state index contributed by atoms with van der Waals surface area (Å²) in [6.45, 7) is 2.27. The maximum Gasteiger partial charge on any atom is 0.164 e. The first-order valence-corrected chi connectivity index (χ1v) is 9.29. The van der Waals surface area contributed by atoms with Crippen molar-refractivity contribution in [3.05, 3.63) is 22.2 Å². The van der Waals surface area contributed by atoms with Crippen molar-refractivity contribution in [2.75, 3.05) is 20.2 Å². The number of methoxy groups -OCH3 is 1. The first-order chi connectivity index (χ1) is 10.8. The maximum absolute atomic E-state index is 6.36. The molecule has 1 saturated heterocycles. The van der Waals surface area contributed by atoms with E-state index in [0.717, 1.165) is 41.4 Å². The fourth-order valence-corrected chi connectivity index (χ4v) is 4.11. The fraction of sp³-hybridized carbons (Fsp3) is 0.667. The Morgan fingerprint density at radius 1 is 1.14 bits per heavy atom. The van der Waals surface area contributed by atoms with Gasteiger partial charge in [-0.25, -0.2) is 0 Å². The fourth-order valence-electron chi connectivity index (χ4n) is 3.63. The highest BCUT2D eigenvalue weighted by molar-refractivity contribution is 9.10. The van der Waals surface area contributed by atoms with Crippen LogP contribution in [0.3, 0.4) is 0 Å². The minimum atomic E-state index is 0.363. The van der Waals surface area contributed by atoms with E-state index in [2.05, 4.69) is 27.3 Å². The second-order valence-corrected chi connectivity index (χ2v) is 7.43. The number of nitrogens with one attached hydrogen (secondary N) is 1. The summed E-state index contributed by atoms with van der Waals surface area (Å²) in [5, 5.41) is 3.44. The van der Waals surface area contributed by atoms with E-state index in [9.17, 15) is 0 Å². The molecule has 1 aromatic rings. The monoisotopic (exact) mass is 367 g/mol. The van der Waals surface area contributed by atoms with E-state index in [-0.39, 0.29) is 0 Å². The molecule has 0 bridgehead atoms. The lowest BCUT2D eigenvalue weighted by molar-refractivity contribution is 0.197. The highest BCUT2D eigenvalue weighted by atomic mass is 79.9. The van der Waals surface area contributed by atoms with Crippen LogP contribution in [0.15, 0.2) is 16.6 Å². The molecule has 1 heterocycles. The van der Waals surface area contributed by atoms with E-state index in [4.69, 9.17) is 9.47 Å². The zero-order valence-corrected chi connectivity index (χ0v) is 15.0. The zero-order valence-electron chi connectivity index (χ0n) is 13.4. The minimum Gasteiger partial charge on any atom is -0.493 e. The predicted molar refractivity (Wildman–Crippen MR) is 92.9 cm³/mol. The van der Waals surface area contributed by atoms with Gasteiger partial charge < -0.3 is 14.8 Å². The Balaban J connectivity index is 1.82. The van der Waals surface area contributed by atoms with Crippen LogP contribution in [0.2, 0.25) is 0 Å². The van der Waals surface area contributed by atoms with E-state index < -0.39 is 0 Å². The molecule has 2 fully saturated rings. The first-order valence-electron chi connectivity index (χ1n) is 8.50. The van der Waals surface area contributed by atoms with Crippen molar-refractivity contribution in [3.63, 3.8) is 0 Å². The Kier molecular flexibility index (Phi) is 5.64. The molecule has 22 heavy (non-hydrogen) atoms. The van der Waals surface area contributed by atoms with Gasteiger partial charge in [-0.1, -0.05) is 15.9 Å². The van der Waals surface area contributed by atoms with Gasteiger partial charge in [-0.3, -0.25) is 0 Å². The summed E-state index contributed by atoms with van der Waals surface area (Å²) >= 11 is 3.62. The summed E-state index contributed by atoms with van der Waals surface area (Å²) in [5.74, 6) is 2.59. The van der Waals surface area contributed by atoms with Crippen LogP contribution in [-0.4, -0.2) is 26.3 Å². The molecular formula is C18H26BrNO2. The van der Waals surface area contributed by atoms with Gasteiger partial charge in [0.05, 0.1) is 13.2 Å². The Morgan fingerprint density at radius 2 is 1.86 bits per heavy atom. The van der Waals surface area contributed by atoms with Gasteiger partial charge in [0.2, 0.25) is 0 Å². The van der Waals surface area contributed by atoms with E-state index in [0.29, 0.717) is 6.10 Å². The standard InChI is InChI=1S/C18H26BrNO2/c1-21-17-12-15(19)11-14(10-13-6-8-20-9-7-13)18(17)22-16-4-2-3-5-16/h11-13,16,20H,2-10H2,1H3. The average molecular weight is 368 g/mol. The third kappa shape index (κ3) is 3.96. The van der Waals surface area contributed by atoms with Gasteiger partial charge in [0.1, 0.15) is 0 Å². The number of ether oxygens (including phenoxy) is 2. The Bertz CT molecular complexity index is 494. The van der Waals surface area contributed by atoms with Crippen LogP contribution in [0.4, 0.5) is 0 Å². The lowest BCUT2D eigenvalue weighted by atomic mass is 9.90. The lowest BCUT2D eigenvalue weighted by Gasteiger charge is -2.25. The second kappa shape index (κ2) is 7.69. The van der Waals surface area contributed by atoms with Crippen LogP contribution in [0.25, 0.3) is 0 Å². The highest BCUT2D eigenvalue weighted by Gasteiger charge is 2.23. The number of hydrogen-bond acceptors (Lipinski definition) is 3. The van der Waals surface area contributed by atoms with Crippen molar-refractivity contribution >= 4 is 15.9 Å². The number of piperidine rings is 1. The summed E-state index contributed by atoms with van der Waals surface area (Å²) in [4.78, 5) is 0. The molecule has 1 aliphatic carbocycles. The largest absolute Gasteiger partial charge is 0.493 e. The molecule has 122 valence electrons. The van der Waals surface area contributed by atoms with Crippen LogP contribution in [0.5, 0.6) is 11.5 Å². The SMILES string of the molecule is COc1cc(Br)cc(CC2CCNCC2)c1OC1CCCC1. The number of rotatable bonds is 5.